The molecule has 1 aliphatic carbocycles. The Balaban J connectivity index is 0.782. The minimum absolute atomic E-state index is 0.262. The lowest BCUT2D eigenvalue weighted by molar-refractivity contribution is 0.0769. The van der Waals surface area contributed by atoms with Gasteiger partial charge in [0.2, 0.25) is 0 Å². The highest BCUT2D eigenvalue weighted by Crippen LogP contribution is 2.49. The van der Waals surface area contributed by atoms with Gasteiger partial charge >= 0.3 is 0 Å². The quantitative estimate of drug-likeness (QED) is 0.128. The van der Waals surface area contributed by atoms with E-state index in [1.165, 1.54) is 0 Å². The minimum Gasteiger partial charge on any atom is -0.478 e. The van der Waals surface area contributed by atoms with Gasteiger partial charge in [0.05, 0.1) is 0 Å². The molecule has 4 heterocycles. The smallest absolute Gasteiger partial charge is 0.170 e. The molecule has 14 rings (SSSR count). The number of hydrogen-bond acceptors (Lipinski definition) is 7. The van der Waals surface area contributed by atoms with Crippen LogP contribution >= 0.6 is 0 Å². The summed E-state index contributed by atoms with van der Waals surface area (Å²) in [6.07, 6.45) is 15.0. The van der Waals surface area contributed by atoms with Crippen molar-refractivity contribution in [3.05, 3.63) is 286 Å². The number of nitrogens with zero attached hydrogens (tertiary/aromatic N) is 5. The van der Waals surface area contributed by atoms with Crippen LogP contribution < -0.4 is 9.47 Å². The van der Waals surface area contributed by atoms with Gasteiger partial charge in [-0.05, 0) is 157 Å². The predicted octanol–water partition coefficient (Wildman–Crippen LogP) is 17.6. The van der Waals surface area contributed by atoms with Crippen molar-refractivity contribution in [2.24, 2.45) is 0 Å². The van der Waals surface area contributed by atoms with Crippen molar-refractivity contribution >= 4 is 0 Å². The van der Waals surface area contributed by atoms with Crippen molar-refractivity contribution in [2.75, 3.05) is 0 Å². The van der Waals surface area contributed by atoms with E-state index in [1.54, 1.807) is 0 Å². The van der Waals surface area contributed by atoms with Gasteiger partial charge in [0.15, 0.2) is 41.2 Å². The highest BCUT2D eigenvalue weighted by atomic mass is 16.6. The highest BCUT2D eigenvalue weighted by molar-refractivity contribution is 5.86. The number of aromatic nitrogens is 5. The topological polar surface area (TPSA) is 82.9 Å². The first-order chi connectivity index (χ1) is 39.6. The monoisotopic (exact) mass is 1030 g/mol. The van der Waals surface area contributed by atoms with Gasteiger partial charge in [-0.2, -0.15) is 0 Å². The summed E-state index contributed by atoms with van der Waals surface area (Å²) in [6, 6.07) is 82.7. The molecule has 1 aliphatic heterocycles. The van der Waals surface area contributed by atoms with Crippen LogP contribution in [0.2, 0.25) is 0 Å². The molecule has 9 aromatic carbocycles. The van der Waals surface area contributed by atoms with E-state index in [0.29, 0.717) is 29.0 Å². The van der Waals surface area contributed by atoms with E-state index in [1.807, 2.05) is 49.1 Å². The van der Waals surface area contributed by atoms with Crippen molar-refractivity contribution in [3.8, 4) is 135 Å². The zero-order valence-corrected chi connectivity index (χ0v) is 43.3. The zero-order chi connectivity index (χ0) is 53.2. The number of ether oxygens (including phenoxy) is 2. The summed E-state index contributed by atoms with van der Waals surface area (Å²) in [5.74, 6) is 3.19. The molecule has 0 radical (unpaired) electrons. The molecule has 0 spiro atoms. The Hall–Kier alpha value is -10.6. The van der Waals surface area contributed by atoms with Gasteiger partial charge in [-0.1, -0.05) is 182 Å². The summed E-state index contributed by atoms with van der Waals surface area (Å²) < 4.78 is 13.8. The Morgan fingerprint density at radius 1 is 0.237 bits per heavy atom. The summed E-state index contributed by atoms with van der Waals surface area (Å²) >= 11 is 0. The molecule has 3 aromatic heterocycles. The summed E-state index contributed by atoms with van der Waals surface area (Å²) in [7, 11) is 0. The van der Waals surface area contributed by atoms with Crippen molar-refractivity contribution in [2.45, 2.75) is 12.2 Å². The maximum Gasteiger partial charge on any atom is 0.170 e. The molecule has 0 saturated heterocycles. The highest BCUT2D eigenvalue weighted by Gasteiger charge is 2.33. The van der Waals surface area contributed by atoms with Crippen LogP contribution in [0.3, 0.4) is 0 Å². The molecule has 2 atom stereocenters. The van der Waals surface area contributed by atoms with Crippen LogP contribution in [-0.4, -0.2) is 37.1 Å². The van der Waals surface area contributed by atoms with E-state index in [4.69, 9.17) is 24.4 Å². The number of hydrogen-bond donors (Lipinski definition) is 0. The molecule has 7 nitrogen and oxygen atoms in total. The van der Waals surface area contributed by atoms with Crippen LogP contribution in [0.4, 0.5) is 0 Å². The fraction of sp³-hybridized carbons (Fsp3) is 0.0274. The van der Waals surface area contributed by atoms with Gasteiger partial charge in [0.25, 0.3) is 0 Å². The van der Waals surface area contributed by atoms with E-state index < -0.39 is 0 Å². The Kier molecular flexibility index (Phi) is 12.6. The van der Waals surface area contributed by atoms with Crippen LogP contribution in [0.1, 0.15) is 0 Å². The third-order valence-corrected chi connectivity index (χ3v) is 14.9. The molecule has 0 saturated carbocycles. The average Bonchev–Trinajstić information content (AvgIpc) is 3.56. The molecule has 2 aliphatic rings. The number of allylic oxidation sites excluding steroid dienone is 2. The van der Waals surface area contributed by atoms with Crippen molar-refractivity contribution < 1.29 is 9.47 Å². The molecule has 12 aromatic rings. The SMILES string of the molecule is C1=CC2Oc3c(-c4ccc(-c5ccc(-c6cc(-c7ccncc7)cc(-c7ccncc7)c6)cc5)cc4)ccc(-c4ccc(-c5nc(-c6cccc(-c7ccccc7)c6)nc(-c6cccc(-c7ccccc7)c6)n5)cc4)c3OC2C=C1. The van der Waals surface area contributed by atoms with Gasteiger partial charge in [-0.15, -0.1) is 0 Å². The van der Waals surface area contributed by atoms with Crippen LogP contribution in [0, 0.1) is 0 Å². The van der Waals surface area contributed by atoms with E-state index in [-0.39, 0.29) is 12.2 Å². The number of rotatable bonds is 11. The third-order valence-electron chi connectivity index (χ3n) is 14.9. The molecule has 0 N–H and O–H groups in total. The lowest BCUT2D eigenvalue weighted by Crippen LogP contribution is -2.38. The fourth-order valence-corrected chi connectivity index (χ4v) is 10.7. The first-order valence-electron chi connectivity index (χ1n) is 26.8. The second-order valence-corrected chi connectivity index (χ2v) is 20.0. The van der Waals surface area contributed by atoms with Gasteiger partial charge in [-0.25, -0.2) is 15.0 Å². The molecule has 378 valence electrons. The number of pyridine rings is 2. The minimum atomic E-state index is -0.269. The van der Waals surface area contributed by atoms with Gasteiger partial charge < -0.3 is 9.47 Å². The zero-order valence-electron chi connectivity index (χ0n) is 43.3. The van der Waals surface area contributed by atoms with Crippen molar-refractivity contribution in [3.63, 3.8) is 0 Å². The Labute approximate surface area is 464 Å². The van der Waals surface area contributed by atoms with Crippen molar-refractivity contribution in [1.29, 1.82) is 0 Å². The fourth-order valence-electron chi connectivity index (χ4n) is 10.7. The Bertz CT molecular complexity index is 4100. The summed E-state index contributed by atoms with van der Waals surface area (Å²) in [5, 5.41) is 0. The maximum absolute atomic E-state index is 6.92. The predicted molar refractivity (Wildman–Crippen MR) is 322 cm³/mol. The molecule has 0 fully saturated rings. The molecule has 0 bridgehead atoms. The Morgan fingerprint density at radius 2 is 0.537 bits per heavy atom. The first-order valence-corrected chi connectivity index (χ1v) is 26.8. The summed E-state index contributed by atoms with van der Waals surface area (Å²) in [5.41, 5.74) is 20.0. The second kappa shape index (κ2) is 21.1. The molecule has 7 heteroatoms. The second-order valence-electron chi connectivity index (χ2n) is 20.0. The van der Waals surface area contributed by atoms with E-state index >= 15 is 0 Å². The summed E-state index contributed by atoms with van der Waals surface area (Å²) in [6.45, 7) is 0. The largest absolute Gasteiger partial charge is 0.478 e. The lowest BCUT2D eigenvalue weighted by atomic mass is 9.92. The normalized spacial score (nSPS) is 14.1. The van der Waals surface area contributed by atoms with E-state index in [0.717, 1.165) is 106 Å². The first kappa shape index (κ1) is 47.8. The third kappa shape index (κ3) is 9.65. The van der Waals surface area contributed by atoms with Crippen LogP contribution in [-0.2, 0) is 0 Å². The maximum atomic E-state index is 6.92. The summed E-state index contributed by atoms with van der Waals surface area (Å²) in [4.78, 5) is 24.0. The van der Waals surface area contributed by atoms with Crippen LogP contribution in [0.5, 0.6) is 11.5 Å². The molecular weight excluding hydrogens is 979 g/mol. The van der Waals surface area contributed by atoms with Crippen molar-refractivity contribution in [1.82, 2.24) is 24.9 Å². The van der Waals surface area contributed by atoms with Crippen LogP contribution in [0.15, 0.2) is 286 Å². The number of fused-ring (bicyclic) bond motifs is 2. The standard InChI is InChI=1S/C73H49N5O2/c1-3-11-48(12-4-1)58-15-9-17-60(43-58)72-76-71(77-73(78-72)61-18-10-16-59(44-61)49-13-5-2-6-14-49)57-31-29-56(30-32-57)66-34-33-65(69-70(66)80-68-20-8-7-19-67(68)79-69)55-27-25-51(26-28-55)50-21-23-52(24-22-50)62-45-63(53-35-39-74-40-36-53)47-64(46-62)54-37-41-75-42-38-54/h1-47,67-68H. The number of benzene rings is 9. The Morgan fingerprint density at radius 3 is 0.950 bits per heavy atom. The lowest BCUT2D eigenvalue weighted by Gasteiger charge is -2.34. The average molecular weight is 1030 g/mol. The van der Waals surface area contributed by atoms with E-state index in [9.17, 15) is 0 Å². The molecule has 80 heavy (non-hydrogen) atoms. The molecule has 0 amide bonds. The molecular formula is C73H49N5O2. The van der Waals surface area contributed by atoms with Gasteiger partial charge in [-0.3, -0.25) is 9.97 Å². The van der Waals surface area contributed by atoms with Crippen LogP contribution in [0.25, 0.3) is 123 Å². The van der Waals surface area contributed by atoms with Gasteiger partial charge in [0.1, 0.15) is 0 Å². The van der Waals surface area contributed by atoms with Gasteiger partial charge in [0, 0.05) is 52.6 Å². The van der Waals surface area contributed by atoms with E-state index in [2.05, 4.69) is 247 Å². The molecule has 2 unspecified atom stereocenters.